The zero-order chi connectivity index (χ0) is 21.7. The fourth-order valence-electron chi connectivity index (χ4n) is 4.59. The van der Waals surface area contributed by atoms with Gasteiger partial charge in [-0.1, -0.05) is 31.9 Å². The van der Waals surface area contributed by atoms with Crippen LogP contribution < -0.4 is 10.6 Å². The summed E-state index contributed by atoms with van der Waals surface area (Å²) in [6.07, 6.45) is 4.81. The van der Waals surface area contributed by atoms with Crippen molar-refractivity contribution in [3.63, 3.8) is 0 Å². The summed E-state index contributed by atoms with van der Waals surface area (Å²) in [7, 11) is 0. The van der Waals surface area contributed by atoms with Gasteiger partial charge in [-0.25, -0.2) is 0 Å². The summed E-state index contributed by atoms with van der Waals surface area (Å²) in [5.41, 5.74) is 3.18. The van der Waals surface area contributed by atoms with Crippen LogP contribution in [0.15, 0.2) is 18.2 Å². The number of carbonyl (C=O) groups excluding carboxylic acids is 2. The number of nitrogens with one attached hydrogen (secondary N) is 2. The number of carbonyl (C=O) groups is 2. The zero-order valence-electron chi connectivity index (χ0n) is 19.0. The molecule has 3 rings (SSSR count). The van der Waals surface area contributed by atoms with E-state index in [1.54, 1.807) is 0 Å². The number of nitrogens with zero attached hydrogens (tertiary/aromatic N) is 2. The largest absolute Gasteiger partial charge is 0.352 e. The Bertz CT molecular complexity index is 743. The van der Waals surface area contributed by atoms with Gasteiger partial charge in [0.15, 0.2) is 0 Å². The molecule has 2 N–H and O–H groups in total. The predicted molar refractivity (Wildman–Crippen MR) is 122 cm³/mol. The van der Waals surface area contributed by atoms with E-state index < -0.39 is 0 Å². The van der Waals surface area contributed by atoms with Crippen LogP contribution in [0.2, 0.25) is 0 Å². The Morgan fingerprint density at radius 1 is 1.10 bits per heavy atom. The second-order valence-corrected chi connectivity index (χ2v) is 9.16. The van der Waals surface area contributed by atoms with Gasteiger partial charge in [-0.05, 0) is 56.7 Å². The van der Waals surface area contributed by atoms with Gasteiger partial charge in [0.1, 0.15) is 0 Å². The summed E-state index contributed by atoms with van der Waals surface area (Å²) >= 11 is 0. The van der Waals surface area contributed by atoms with Crippen LogP contribution in [0, 0.1) is 19.8 Å². The van der Waals surface area contributed by atoms with Crippen LogP contribution in [-0.2, 0) is 9.59 Å². The van der Waals surface area contributed by atoms with Crippen LogP contribution in [0.25, 0.3) is 0 Å². The molecule has 2 fully saturated rings. The van der Waals surface area contributed by atoms with E-state index in [0.29, 0.717) is 18.5 Å². The van der Waals surface area contributed by atoms with E-state index in [4.69, 9.17) is 0 Å². The Morgan fingerprint density at radius 2 is 1.80 bits per heavy atom. The molecule has 0 bridgehead atoms. The standard InChI is InChI=1S/C24H38N4O2/c1-17-9-7-11-22(19(17)3)25-23(29)16-27-12-14-28(15-13-27)20(4)24(30)26-21-10-6-5-8-18(21)2/h7,9,11,18,20-21H,5-6,8,10,12-16H2,1-4H3,(H,25,29)(H,26,30)/t18-,20+,21+/m0/s1. The number of amides is 2. The minimum absolute atomic E-state index is 0.0224. The molecule has 1 saturated carbocycles. The topological polar surface area (TPSA) is 64.7 Å². The number of piperazine rings is 1. The molecule has 1 saturated heterocycles. The predicted octanol–water partition coefficient (Wildman–Crippen LogP) is 2.94. The molecule has 2 amide bonds. The lowest BCUT2D eigenvalue weighted by molar-refractivity contribution is -0.128. The van der Waals surface area contributed by atoms with Gasteiger partial charge < -0.3 is 10.6 Å². The highest BCUT2D eigenvalue weighted by atomic mass is 16.2. The Morgan fingerprint density at radius 3 is 2.50 bits per heavy atom. The number of anilines is 1. The average Bonchev–Trinajstić information content (AvgIpc) is 2.73. The van der Waals surface area contributed by atoms with Crippen LogP contribution in [0.4, 0.5) is 5.69 Å². The lowest BCUT2D eigenvalue weighted by Gasteiger charge is -2.38. The van der Waals surface area contributed by atoms with E-state index in [-0.39, 0.29) is 17.9 Å². The smallest absolute Gasteiger partial charge is 0.238 e. The molecule has 1 aliphatic carbocycles. The van der Waals surface area contributed by atoms with Gasteiger partial charge in [-0.15, -0.1) is 0 Å². The molecule has 6 nitrogen and oxygen atoms in total. The molecule has 1 heterocycles. The van der Waals surface area contributed by atoms with Gasteiger partial charge in [0, 0.05) is 37.9 Å². The van der Waals surface area contributed by atoms with Crippen LogP contribution in [0.1, 0.15) is 50.7 Å². The molecule has 0 radical (unpaired) electrons. The normalized spacial score (nSPS) is 24.3. The fourth-order valence-corrected chi connectivity index (χ4v) is 4.59. The maximum Gasteiger partial charge on any atom is 0.238 e. The van der Waals surface area contributed by atoms with Crippen molar-refractivity contribution >= 4 is 17.5 Å². The fraction of sp³-hybridized carbons (Fsp3) is 0.667. The molecule has 0 unspecified atom stereocenters. The molecular weight excluding hydrogens is 376 g/mol. The number of rotatable bonds is 6. The third kappa shape index (κ3) is 5.82. The molecule has 166 valence electrons. The SMILES string of the molecule is Cc1cccc(NC(=O)CN2CCN([C@H](C)C(=O)N[C@@H]3CCCC[C@@H]3C)CC2)c1C. The van der Waals surface area contributed by atoms with Gasteiger partial charge in [-0.2, -0.15) is 0 Å². The van der Waals surface area contributed by atoms with E-state index in [2.05, 4.69) is 40.3 Å². The maximum atomic E-state index is 12.7. The Balaban J connectivity index is 1.43. The first kappa shape index (κ1) is 22.8. The first-order valence-corrected chi connectivity index (χ1v) is 11.5. The molecule has 2 aliphatic rings. The molecule has 1 aromatic carbocycles. The van der Waals surface area contributed by atoms with Crippen molar-refractivity contribution in [1.82, 2.24) is 15.1 Å². The summed E-state index contributed by atoms with van der Waals surface area (Å²) < 4.78 is 0. The van der Waals surface area contributed by atoms with E-state index in [9.17, 15) is 9.59 Å². The molecule has 3 atom stereocenters. The van der Waals surface area contributed by atoms with Crippen LogP contribution in [0.3, 0.4) is 0 Å². The first-order chi connectivity index (χ1) is 14.3. The van der Waals surface area contributed by atoms with E-state index in [1.165, 1.54) is 24.8 Å². The summed E-state index contributed by atoms with van der Waals surface area (Å²) in [6.45, 7) is 12.0. The highest BCUT2D eigenvalue weighted by molar-refractivity contribution is 5.93. The van der Waals surface area contributed by atoms with Crippen LogP contribution >= 0.6 is 0 Å². The second kappa shape index (κ2) is 10.4. The summed E-state index contributed by atoms with van der Waals surface area (Å²) in [6, 6.07) is 6.17. The number of aryl methyl sites for hydroxylation is 1. The quantitative estimate of drug-likeness (QED) is 0.751. The highest BCUT2D eigenvalue weighted by Gasteiger charge is 2.29. The van der Waals surface area contributed by atoms with Crippen LogP contribution in [-0.4, -0.2) is 66.4 Å². The van der Waals surface area contributed by atoms with Gasteiger partial charge in [0.05, 0.1) is 12.6 Å². The van der Waals surface area contributed by atoms with Crippen molar-refractivity contribution in [2.45, 2.75) is 65.5 Å². The van der Waals surface area contributed by atoms with Gasteiger partial charge in [0.25, 0.3) is 0 Å². The molecule has 30 heavy (non-hydrogen) atoms. The number of hydrogen-bond donors (Lipinski definition) is 2. The summed E-state index contributed by atoms with van der Waals surface area (Å²) in [5, 5.41) is 6.33. The first-order valence-electron chi connectivity index (χ1n) is 11.5. The van der Waals surface area contributed by atoms with Crippen molar-refractivity contribution < 1.29 is 9.59 Å². The van der Waals surface area contributed by atoms with E-state index in [0.717, 1.165) is 43.9 Å². The number of hydrogen-bond acceptors (Lipinski definition) is 4. The summed E-state index contributed by atoms with van der Waals surface area (Å²) in [4.78, 5) is 29.6. The highest BCUT2D eigenvalue weighted by Crippen LogP contribution is 2.24. The lowest BCUT2D eigenvalue weighted by atomic mass is 9.86. The third-order valence-electron chi connectivity index (χ3n) is 7.02. The number of benzene rings is 1. The average molecular weight is 415 g/mol. The third-order valence-corrected chi connectivity index (χ3v) is 7.02. The van der Waals surface area contributed by atoms with Crippen molar-refractivity contribution in [1.29, 1.82) is 0 Å². The second-order valence-electron chi connectivity index (χ2n) is 9.16. The van der Waals surface area contributed by atoms with Crippen molar-refractivity contribution in [2.75, 3.05) is 38.0 Å². The Hall–Kier alpha value is -1.92. The minimum Gasteiger partial charge on any atom is -0.352 e. The monoisotopic (exact) mass is 414 g/mol. The van der Waals surface area contributed by atoms with Gasteiger partial charge >= 0.3 is 0 Å². The van der Waals surface area contributed by atoms with Crippen molar-refractivity contribution in [3.8, 4) is 0 Å². The molecule has 6 heteroatoms. The Labute approximate surface area is 181 Å². The molecule has 1 aromatic rings. The Kier molecular flexibility index (Phi) is 7.89. The van der Waals surface area contributed by atoms with Crippen LogP contribution in [0.5, 0.6) is 0 Å². The minimum atomic E-state index is -0.120. The van der Waals surface area contributed by atoms with Gasteiger partial charge in [0.2, 0.25) is 11.8 Å². The van der Waals surface area contributed by atoms with E-state index in [1.807, 2.05) is 26.0 Å². The van der Waals surface area contributed by atoms with E-state index >= 15 is 0 Å². The zero-order valence-corrected chi connectivity index (χ0v) is 19.0. The maximum absolute atomic E-state index is 12.7. The molecule has 1 aliphatic heterocycles. The van der Waals surface area contributed by atoms with Crippen molar-refractivity contribution in [2.24, 2.45) is 5.92 Å². The summed E-state index contributed by atoms with van der Waals surface area (Å²) in [5.74, 6) is 0.742. The molecule has 0 aromatic heterocycles. The van der Waals surface area contributed by atoms with Crippen molar-refractivity contribution in [3.05, 3.63) is 29.3 Å². The molecular formula is C24H38N4O2. The van der Waals surface area contributed by atoms with Gasteiger partial charge in [-0.3, -0.25) is 19.4 Å². The lowest BCUT2D eigenvalue weighted by Crippen LogP contribution is -2.56. The molecule has 0 spiro atoms.